The van der Waals surface area contributed by atoms with Gasteiger partial charge in [-0.05, 0) is 38.4 Å². The number of hydrogen-bond acceptors (Lipinski definition) is 4. The summed E-state index contributed by atoms with van der Waals surface area (Å²) in [5.74, 6) is 0.850. The lowest BCUT2D eigenvalue weighted by atomic mass is 10.0. The van der Waals surface area contributed by atoms with Crippen molar-refractivity contribution in [3.8, 4) is 11.4 Å². The minimum atomic E-state index is -0.0864. The first-order valence-electron chi connectivity index (χ1n) is 7.80. The van der Waals surface area contributed by atoms with E-state index in [0.29, 0.717) is 0 Å². The number of carbonyl (C=O) groups is 1. The van der Waals surface area contributed by atoms with Crippen LogP contribution in [0.4, 0.5) is 5.69 Å². The van der Waals surface area contributed by atoms with Gasteiger partial charge in [-0.15, -0.1) is 10.2 Å². The molecular formula is C16H21N5O. The first-order valence-corrected chi connectivity index (χ1v) is 7.80. The van der Waals surface area contributed by atoms with Crippen LogP contribution in [0, 0.1) is 0 Å². The van der Waals surface area contributed by atoms with Gasteiger partial charge in [0.25, 0.3) is 0 Å². The van der Waals surface area contributed by atoms with E-state index in [1.807, 2.05) is 35.8 Å². The Kier molecular flexibility index (Phi) is 4.48. The van der Waals surface area contributed by atoms with Gasteiger partial charge in [-0.2, -0.15) is 0 Å². The van der Waals surface area contributed by atoms with E-state index in [1.165, 1.54) is 0 Å². The van der Waals surface area contributed by atoms with E-state index in [9.17, 15) is 4.79 Å². The van der Waals surface area contributed by atoms with Crippen molar-refractivity contribution in [2.75, 3.05) is 11.9 Å². The topological polar surface area (TPSA) is 71.8 Å². The van der Waals surface area contributed by atoms with E-state index in [2.05, 4.69) is 20.8 Å². The van der Waals surface area contributed by atoms with Gasteiger partial charge in [-0.1, -0.05) is 18.6 Å². The molecule has 0 bridgehead atoms. The number of amides is 1. The third-order valence-electron chi connectivity index (χ3n) is 3.97. The van der Waals surface area contributed by atoms with Crippen LogP contribution in [0.25, 0.3) is 11.4 Å². The van der Waals surface area contributed by atoms with Gasteiger partial charge in [0, 0.05) is 17.8 Å². The lowest BCUT2D eigenvalue weighted by Gasteiger charge is -2.22. The monoisotopic (exact) mass is 299 g/mol. The summed E-state index contributed by atoms with van der Waals surface area (Å²) in [7, 11) is 0. The minimum absolute atomic E-state index is 0.0359. The molecule has 1 aliphatic rings. The van der Waals surface area contributed by atoms with Gasteiger partial charge in [0.2, 0.25) is 5.91 Å². The molecule has 1 aliphatic heterocycles. The highest BCUT2D eigenvalue weighted by Gasteiger charge is 2.20. The molecule has 2 heterocycles. The second kappa shape index (κ2) is 6.70. The SMILES string of the molecule is CCn1cnnc1-c1cccc(NC(=O)[C@H]2CCCCN2)c1. The first kappa shape index (κ1) is 14.7. The summed E-state index contributed by atoms with van der Waals surface area (Å²) in [5, 5.41) is 14.4. The van der Waals surface area contributed by atoms with Gasteiger partial charge in [0.1, 0.15) is 6.33 Å². The average Bonchev–Trinajstić information content (AvgIpc) is 3.04. The lowest BCUT2D eigenvalue weighted by Crippen LogP contribution is -2.43. The fourth-order valence-corrected chi connectivity index (χ4v) is 2.75. The van der Waals surface area contributed by atoms with Gasteiger partial charge in [0.15, 0.2) is 5.82 Å². The van der Waals surface area contributed by atoms with E-state index >= 15 is 0 Å². The molecule has 1 atom stereocenters. The summed E-state index contributed by atoms with van der Waals surface area (Å²) in [6, 6.07) is 7.66. The Morgan fingerprint density at radius 1 is 1.45 bits per heavy atom. The summed E-state index contributed by atoms with van der Waals surface area (Å²) in [5.41, 5.74) is 1.74. The Bertz CT molecular complexity index is 645. The normalized spacial score (nSPS) is 18.1. The van der Waals surface area contributed by atoms with Crippen molar-refractivity contribution in [3.63, 3.8) is 0 Å². The molecule has 1 saturated heterocycles. The summed E-state index contributed by atoms with van der Waals surface area (Å²) < 4.78 is 1.98. The van der Waals surface area contributed by atoms with Crippen LogP contribution < -0.4 is 10.6 Å². The number of hydrogen-bond donors (Lipinski definition) is 2. The molecule has 3 rings (SSSR count). The molecule has 116 valence electrons. The second-order valence-electron chi connectivity index (χ2n) is 5.51. The van der Waals surface area contributed by atoms with Gasteiger partial charge < -0.3 is 15.2 Å². The number of anilines is 1. The zero-order valence-corrected chi connectivity index (χ0v) is 12.7. The minimum Gasteiger partial charge on any atom is -0.325 e. The molecule has 0 spiro atoms. The largest absolute Gasteiger partial charge is 0.325 e. The highest BCUT2D eigenvalue weighted by molar-refractivity contribution is 5.95. The van der Waals surface area contributed by atoms with Crippen LogP contribution in [0.3, 0.4) is 0 Å². The number of nitrogens with one attached hydrogen (secondary N) is 2. The number of rotatable bonds is 4. The maximum atomic E-state index is 12.3. The van der Waals surface area contributed by atoms with Crippen molar-refractivity contribution < 1.29 is 4.79 Å². The summed E-state index contributed by atoms with van der Waals surface area (Å²) in [4.78, 5) is 12.3. The maximum Gasteiger partial charge on any atom is 0.241 e. The Labute approximate surface area is 129 Å². The molecule has 1 fully saturated rings. The van der Waals surface area contributed by atoms with Crippen molar-refractivity contribution >= 4 is 11.6 Å². The maximum absolute atomic E-state index is 12.3. The van der Waals surface area contributed by atoms with Crippen LogP contribution in [-0.2, 0) is 11.3 Å². The van der Waals surface area contributed by atoms with Crippen LogP contribution >= 0.6 is 0 Å². The third-order valence-corrected chi connectivity index (χ3v) is 3.97. The third kappa shape index (κ3) is 3.17. The predicted molar refractivity (Wildman–Crippen MR) is 85.4 cm³/mol. The highest BCUT2D eigenvalue weighted by atomic mass is 16.2. The molecule has 1 aromatic heterocycles. The molecule has 22 heavy (non-hydrogen) atoms. The van der Waals surface area contributed by atoms with Crippen LogP contribution in [-0.4, -0.2) is 33.3 Å². The zero-order chi connectivity index (χ0) is 15.4. The molecule has 0 saturated carbocycles. The predicted octanol–water partition coefficient (Wildman–Crippen LogP) is 2.05. The quantitative estimate of drug-likeness (QED) is 0.906. The van der Waals surface area contributed by atoms with Crippen LogP contribution in [0.1, 0.15) is 26.2 Å². The summed E-state index contributed by atoms with van der Waals surface area (Å²) in [6.07, 6.45) is 4.86. The molecule has 0 radical (unpaired) electrons. The molecule has 0 unspecified atom stereocenters. The second-order valence-corrected chi connectivity index (χ2v) is 5.51. The molecule has 2 N–H and O–H groups in total. The van der Waals surface area contributed by atoms with E-state index < -0.39 is 0 Å². The Morgan fingerprint density at radius 3 is 3.14 bits per heavy atom. The molecule has 1 aromatic carbocycles. The number of carbonyl (C=O) groups excluding carboxylic acids is 1. The number of aromatic nitrogens is 3. The van der Waals surface area contributed by atoms with Gasteiger partial charge in [-0.3, -0.25) is 4.79 Å². The molecule has 0 aliphatic carbocycles. The Morgan fingerprint density at radius 2 is 2.36 bits per heavy atom. The molecule has 6 nitrogen and oxygen atoms in total. The molecule has 1 amide bonds. The van der Waals surface area contributed by atoms with Crippen molar-refractivity contribution in [1.29, 1.82) is 0 Å². The zero-order valence-electron chi connectivity index (χ0n) is 12.7. The van der Waals surface area contributed by atoms with Crippen LogP contribution in [0.15, 0.2) is 30.6 Å². The van der Waals surface area contributed by atoms with Gasteiger partial charge >= 0.3 is 0 Å². The molecule has 2 aromatic rings. The molecular weight excluding hydrogens is 278 g/mol. The van der Waals surface area contributed by atoms with Crippen LogP contribution in [0.2, 0.25) is 0 Å². The fraction of sp³-hybridized carbons (Fsp3) is 0.438. The highest BCUT2D eigenvalue weighted by Crippen LogP contribution is 2.21. The number of piperidine rings is 1. The van der Waals surface area contributed by atoms with Crippen molar-refractivity contribution in [2.45, 2.75) is 38.8 Å². The Hall–Kier alpha value is -2.21. The van der Waals surface area contributed by atoms with Gasteiger partial charge in [-0.25, -0.2) is 0 Å². The standard InChI is InChI=1S/C16H21N5O/c1-2-21-11-18-20-15(21)12-6-5-7-13(10-12)19-16(22)14-8-3-4-9-17-14/h5-7,10-11,14,17H,2-4,8-9H2,1H3,(H,19,22)/t14-/m1/s1. The number of nitrogens with zero attached hydrogens (tertiary/aromatic N) is 3. The Balaban J connectivity index is 1.75. The van der Waals surface area contributed by atoms with Crippen molar-refractivity contribution in [3.05, 3.63) is 30.6 Å². The summed E-state index contributed by atoms with van der Waals surface area (Å²) in [6.45, 7) is 3.77. The van der Waals surface area contributed by atoms with Crippen molar-refractivity contribution in [2.24, 2.45) is 0 Å². The van der Waals surface area contributed by atoms with E-state index in [4.69, 9.17) is 0 Å². The molecule has 6 heteroatoms. The fourth-order valence-electron chi connectivity index (χ4n) is 2.75. The van der Waals surface area contributed by atoms with Crippen molar-refractivity contribution in [1.82, 2.24) is 20.1 Å². The van der Waals surface area contributed by atoms with E-state index in [0.717, 1.165) is 49.4 Å². The van der Waals surface area contributed by atoms with E-state index in [1.54, 1.807) is 6.33 Å². The van der Waals surface area contributed by atoms with Crippen LogP contribution in [0.5, 0.6) is 0 Å². The average molecular weight is 299 g/mol. The lowest BCUT2D eigenvalue weighted by molar-refractivity contribution is -0.118. The van der Waals surface area contributed by atoms with E-state index in [-0.39, 0.29) is 11.9 Å². The summed E-state index contributed by atoms with van der Waals surface area (Å²) >= 11 is 0. The smallest absolute Gasteiger partial charge is 0.241 e. The number of benzene rings is 1. The van der Waals surface area contributed by atoms with Gasteiger partial charge in [0.05, 0.1) is 6.04 Å². The number of aryl methyl sites for hydroxylation is 1. The first-order chi connectivity index (χ1) is 10.8.